The molecule has 0 radical (unpaired) electrons. The lowest BCUT2D eigenvalue weighted by Crippen LogP contribution is -2.28. The first kappa shape index (κ1) is 35.8. The SMILES string of the molecule is c1ccc(-c2nc(-c3cccc(-c4cccc(-c5ccc6oc7ccccc7c6c5)c4)c3)cc(-c3ccc4c(c3)C(c3ccccc3)(c3ccccc3)c3ccccc3-4)n2)cc1. The molecule has 9 aromatic carbocycles. The van der Waals surface area contributed by atoms with Crippen molar-refractivity contribution in [2.45, 2.75) is 5.41 Å². The van der Waals surface area contributed by atoms with Gasteiger partial charge >= 0.3 is 0 Å². The molecular weight excluding hydrogens is 753 g/mol. The van der Waals surface area contributed by atoms with E-state index in [0.717, 1.165) is 72.3 Å². The highest BCUT2D eigenvalue weighted by Gasteiger charge is 2.46. The maximum atomic E-state index is 6.13. The second-order valence-corrected chi connectivity index (χ2v) is 16.1. The Labute approximate surface area is 360 Å². The van der Waals surface area contributed by atoms with E-state index in [0.29, 0.717) is 5.82 Å². The summed E-state index contributed by atoms with van der Waals surface area (Å²) in [5.74, 6) is 0.689. The minimum atomic E-state index is -0.510. The normalized spacial score (nSPS) is 12.6. The summed E-state index contributed by atoms with van der Waals surface area (Å²) in [5, 5.41) is 2.25. The zero-order chi connectivity index (χ0) is 41.0. The van der Waals surface area contributed by atoms with E-state index in [1.807, 2.05) is 30.3 Å². The van der Waals surface area contributed by atoms with Crippen LogP contribution in [0.4, 0.5) is 0 Å². The van der Waals surface area contributed by atoms with E-state index in [1.54, 1.807) is 0 Å². The van der Waals surface area contributed by atoms with Crippen LogP contribution in [0.3, 0.4) is 0 Å². The minimum Gasteiger partial charge on any atom is -0.456 e. The number of benzene rings is 9. The average molecular weight is 791 g/mol. The molecule has 0 spiro atoms. The number of nitrogens with zero attached hydrogens (tertiary/aromatic N) is 2. The largest absolute Gasteiger partial charge is 0.456 e. The van der Waals surface area contributed by atoms with Gasteiger partial charge in [0.25, 0.3) is 0 Å². The molecule has 11 aromatic rings. The molecule has 2 aromatic heterocycles. The highest BCUT2D eigenvalue weighted by molar-refractivity contribution is 6.06. The lowest BCUT2D eigenvalue weighted by Gasteiger charge is -2.34. The van der Waals surface area contributed by atoms with Gasteiger partial charge in [-0.05, 0) is 98.1 Å². The average Bonchev–Trinajstić information content (AvgIpc) is 3.88. The molecule has 3 nitrogen and oxygen atoms in total. The molecule has 0 bridgehead atoms. The van der Waals surface area contributed by atoms with E-state index in [9.17, 15) is 0 Å². The number of aromatic nitrogens is 2. The van der Waals surface area contributed by atoms with Crippen molar-refractivity contribution in [3.05, 3.63) is 253 Å². The van der Waals surface area contributed by atoms with E-state index in [-0.39, 0.29) is 0 Å². The smallest absolute Gasteiger partial charge is 0.160 e. The molecule has 290 valence electrons. The topological polar surface area (TPSA) is 38.9 Å². The Morgan fingerprint density at radius 2 is 0.806 bits per heavy atom. The predicted molar refractivity (Wildman–Crippen MR) is 254 cm³/mol. The Morgan fingerprint density at radius 1 is 0.306 bits per heavy atom. The van der Waals surface area contributed by atoms with Crippen molar-refractivity contribution >= 4 is 21.9 Å². The van der Waals surface area contributed by atoms with Gasteiger partial charge in [-0.3, -0.25) is 0 Å². The summed E-state index contributed by atoms with van der Waals surface area (Å²) in [4.78, 5) is 10.6. The van der Waals surface area contributed by atoms with Crippen LogP contribution in [0.25, 0.3) is 89.2 Å². The van der Waals surface area contributed by atoms with Gasteiger partial charge in [0.1, 0.15) is 11.2 Å². The summed E-state index contributed by atoms with van der Waals surface area (Å²) in [5.41, 5.74) is 18.1. The van der Waals surface area contributed by atoms with E-state index >= 15 is 0 Å². The summed E-state index contributed by atoms with van der Waals surface area (Å²) in [6.45, 7) is 0. The fraction of sp³-hybridized carbons (Fsp3) is 0.0169. The molecule has 62 heavy (non-hydrogen) atoms. The van der Waals surface area contributed by atoms with Gasteiger partial charge in [0.2, 0.25) is 0 Å². The minimum absolute atomic E-state index is 0.510. The number of fused-ring (bicyclic) bond motifs is 6. The van der Waals surface area contributed by atoms with Crippen molar-refractivity contribution in [3.8, 4) is 67.3 Å². The fourth-order valence-electron chi connectivity index (χ4n) is 9.71. The maximum absolute atomic E-state index is 6.13. The summed E-state index contributed by atoms with van der Waals surface area (Å²) >= 11 is 0. The van der Waals surface area contributed by atoms with Crippen molar-refractivity contribution in [1.82, 2.24) is 9.97 Å². The molecule has 0 unspecified atom stereocenters. The summed E-state index contributed by atoms with van der Waals surface area (Å²) in [6, 6.07) is 82.3. The number of furan rings is 1. The lowest BCUT2D eigenvalue weighted by atomic mass is 9.67. The monoisotopic (exact) mass is 790 g/mol. The molecular formula is C59H38N2O. The third-order valence-electron chi connectivity index (χ3n) is 12.6. The van der Waals surface area contributed by atoms with E-state index < -0.39 is 5.41 Å². The highest BCUT2D eigenvalue weighted by Crippen LogP contribution is 2.56. The standard InChI is InChI=1S/C59H38N2O/c1-4-16-39(17-5-1)58-60-54(44-21-15-20-42(35-44)40-18-14-19-41(34-40)43-31-33-57-51(36-43)50-27-11-13-29-56(50)62-57)38-55(61-58)45-30-32-49-48-26-10-12-28-52(48)59(53(49)37-45,46-22-6-2-7-23-46)47-24-8-3-9-25-47/h1-38H. The molecule has 0 saturated heterocycles. The van der Waals surface area contributed by atoms with E-state index in [2.05, 4.69) is 200 Å². The Balaban J connectivity index is 0.991. The molecule has 1 aliphatic rings. The van der Waals surface area contributed by atoms with Crippen LogP contribution in [0.1, 0.15) is 22.3 Å². The summed E-state index contributed by atoms with van der Waals surface area (Å²) in [6.07, 6.45) is 0. The maximum Gasteiger partial charge on any atom is 0.160 e. The van der Waals surface area contributed by atoms with Crippen LogP contribution >= 0.6 is 0 Å². The molecule has 0 fully saturated rings. The van der Waals surface area contributed by atoms with Crippen LogP contribution in [-0.2, 0) is 5.41 Å². The van der Waals surface area contributed by atoms with E-state index in [1.165, 1.54) is 33.4 Å². The van der Waals surface area contributed by atoms with Crippen molar-refractivity contribution in [1.29, 1.82) is 0 Å². The van der Waals surface area contributed by atoms with Gasteiger partial charge in [-0.1, -0.05) is 188 Å². The second-order valence-electron chi connectivity index (χ2n) is 16.1. The van der Waals surface area contributed by atoms with Gasteiger partial charge in [0.05, 0.1) is 16.8 Å². The van der Waals surface area contributed by atoms with Crippen molar-refractivity contribution in [2.75, 3.05) is 0 Å². The third-order valence-corrected chi connectivity index (χ3v) is 12.6. The number of hydrogen-bond donors (Lipinski definition) is 0. The van der Waals surface area contributed by atoms with Gasteiger partial charge < -0.3 is 4.42 Å². The van der Waals surface area contributed by atoms with Gasteiger partial charge in [0, 0.05) is 27.5 Å². The number of para-hydroxylation sites is 1. The Kier molecular flexibility index (Phi) is 8.39. The van der Waals surface area contributed by atoms with Gasteiger partial charge in [-0.25, -0.2) is 9.97 Å². The second kappa shape index (κ2) is 14.5. The van der Waals surface area contributed by atoms with Gasteiger partial charge in [-0.15, -0.1) is 0 Å². The van der Waals surface area contributed by atoms with Crippen molar-refractivity contribution < 1.29 is 4.42 Å². The summed E-state index contributed by atoms with van der Waals surface area (Å²) < 4.78 is 6.13. The van der Waals surface area contributed by atoms with Crippen LogP contribution in [0.2, 0.25) is 0 Å². The van der Waals surface area contributed by atoms with Crippen molar-refractivity contribution in [2.24, 2.45) is 0 Å². The van der Waals surface area contributed by atoms with Crippen LogP contribution in [0.5, 0.6) is 0 Å². The van der Waals surface area contributed by atoms with Crippen LogP contribution in [0.15, 0.2) is 235 Å². The Morgan fingerprint density at radius 3 is 1.52 bits per heavy atom. The summed E-state index contributed by atoms with van der Waals surface area (Å²) in [7, 11) is 0. The highest BCUT2D eigenvalue weighted by atomic mass is 16.3. The molecule has 0 saturated carbocycles. The van der Waals surface area contributed by atoms with Crippen molar-refractivity contribution in [3.63, 3.8) is 0 Å². The lowest BCUT2D eigenvalue weighted by molar-refractivity contribution is 0.669. The van der Waals surface area contributed by atoms with Gasteiger partial charge in [0.15, 0.2) is 5.82 Å². The molecule has 3 heteroatoms. The number of rotatable bonds is 7. The molecule has 0 N–H and O–H groups in total. The predicted octanol–water partition coefficient (Wildman–Crippen LogP) is 15.1. The Bertz CT molecular complexity index is 3420. The zero-order valence-electron chi connectivity index (χ0n) is 33.7. The zero-order valence-corrected chi connectivity index (χ0v) is 33.7. The third kappa shape index (κ3) is 5.82. The van der Waals surface area contributed by atoms with E-state index in [4.69, 9.17) is 14.4 Å². The first-order chi connectivity index (χ1) is 30.7. The fourth-order valence-corrected chi connectivity index (χ4v) is 9.71. The Hall–Kier alpha value is -8.14. The first-order valence-corrected chi connectivity index (χ1v) is 21.1. The first-order valence-electron chi connectivity index (χ1n) is 21.1. The molecule has 0 aliphatic heterocycles. The molecule has 0 amide bonds. The molecule has 12 rings (SSSR count). The molecule has 0 atom stereocenters. The molecule has 1 aliphatic carbocycles. The number of hydrogen-bond acceptors (Lipinski definition) is 3. The quantitative estimate of drug-likeness (QED) is 0.161. The van der Waals surface area contributed by atoms with Crippen LogP contribution in [-0.4, -0.2) is 9.97 Å². The van der Waals surface area contributed by atoms with Crippen LogP contribution in [0, 0.1) is 0 Å². The van der Waals surface area contributed by atoms with Crippen LogP contribution < -0.4 is 0 Å². The van der Waals surface area contributed by atoms with Gasteiger partial charge in [-0.2, -0.15) is 0 Å². The molecule has 2 heterocycles.